The van der Waals surface area contributed by atoms with Crippen molar-refractivity contribution in [3.8, 4) is 11.5 Å². The van der Waals surface area contributed by atoms with E-state index in [0.29, 0.717) is 17.9 Å². The first-order valence-electron chi connectivity index (χ1n) is 7.82. The SMILES string of the molecule is CCCC(=O)Nc1ccc(N=Cc2ccc(OC)c(OC)c2)cc1. The minimum absolute atomic E-state index is 0.0269. The van der Waals surface area contributed by atoms with Crippen LogP contribution in [0.15, 0.2) is 47.5 Å². The fourth-order valence-corrected chi connectivity index (χ4v) is 2.16. The van der Waals surface area contributed by atoms with Crippen LogP contribution in [0.4, 0.5) is 11.4 Å². The van der Waals surface area contributed by atoms with Crippen molar-refractivity contribution in [2.45, 2.75) is 19.8 Å². The van der Waals surface area contributed by atoms with Crippen molar-refractivity contribution in [3.05, 3.63) is 48.0 Å². The number of nitrogens with one attached hydrogen (secondary N) is 1. The van der Waals surface area contributed by atoms with Crippen molar-refractivity contribution >= 4 is 23.5 Å². The van der Waals surface area contributed by atoms with E-state index in [2.05, 4.69) is 10.3 Å². The van der Waals surface area contributed by atoms with Crippen molar-refractivity contribution in [2.75, 3.05) is 19.5 Å². The molecule has 0 aromatic heterocycles. The molecule has 2 aromatic carbocycles. The van der Waals surface area contributed by atoms with Crippen molar-refractivity contribution in [1.82, 2.24) is 0 Å². The van der Waals surface area contributed by atoms with Gasteiger partial charge in [-0.05, 0) is 54.4 Å². The summed E-state index contributed by atoms with van der Waals surface area (Å²) >= 11 is 0. The standard InChI is InChI=1S/C19H22N2O3/c1-4-5-19(22)21-16-9-7-15(8-10-16)20-13-14-6-11-17(23-2)18(12-14)24-3/h6-13H,4-5H2,1-3H3,(H,21,22). The van der Waals surface area contributed by atoms with E-state index >= 15 is 0 Å². The number of rotatable bonds is 7. The first-order valence-corrected chi connectivity index (χ1v) is 7.82. The number of carbonyl (C=O) groups is 1. The fourth-order valence-electron chi connectivity index (χ4n) is 2.16. The highest BCUT2D eigenvalue weighted by Crippen LogP contribution is 2.27. The van der Waals surface area contributed by atoms with Crippen LogP contribution < -0.4 is 14.8 Å². The average Bonchev–Trinajstić information content (AvgIpc) is 2.61. The zero-order valence-corrected chi connectivity index (χ0v) is 14.2. The van der Waals surface area contributed by atoms with E-state index in [4.69, 9.17) is 9.47 Å². The van der Waals surface area contributed by atoms with Crippen LogP contribution >= 0.6 is 0 Å². The summed E-state index contributed by atoms with van der Waals surface area (Å²) in [4.78, 5) is 16.0. The number of amides is 1. The highest BCUT2D eigenvalue weighted by Gasteiger charge is 2.03. The molecule has 0 aliphatic rings. The van der Waals surface area contributed by atoms with Crippen LogP contribution in [0.2, 0.25) is 0 Å². The van der Waals surface area contributed by atoms with Gasteiger partial charge in [0.05, 0.1) is 19.9 Å². The van der Waals surface area contributed by atoms with Crippen LogP contribution in [0.5, 0.6) is 11.5 Å². The molecule has 0 fully saturated rings. The Balaban J connectivity index is 2.05. The maximum absolute atomic E-state index is 11.6. The van der Waals surface area contributed by atoms with Crippen molar-refractivity contribution in [3.63, 3.8) is 0 Å². The van der Waals surface area contributed by atoms with E-state index in [-0.39, 0.29) is 5.91 Å². The number of ether oxygens (including phenoxy) is 2. The molecule has 0 aliphatic carbocycles. The van der Waals surface area contributed by atoms with Crippen molar-refractivity contribution < 1.29 is 14.3 Å². The Hall–Kier alpha value is -2.82. The molecule has 2 rings (SSSR count). The Morgan fingerprint density at radius 3 is 2.42 bits per heavy atom. The number of hydrogen-bond donors (Lipinski definition) is 1. The molecule has 0 heterocycles. The normalized spacial score (nSPS) is 10.6. The largest absolute Gasteiger partial charge is 0.493 e. The molecule has 1 N–H and O–H groups in total. The van der Waals surface area contributed by atoms with E-state index in [9.17, 15) is 4.79 Å². The molecule has 0 radical (unpaired) electrons. The second-order valence-electron chi connectivity index (χ2n) is 5.22. The smallest absolute Gasteiger partial charge is 0.224 e. The first-order chi connectivity index (χ1) is 11.7. The molecular formula is C19H22N2O3. The lowest BCUT2D eigenvalue weighted by molar-refractivity contribution is -0.116. The minimum atomic E-state index is 0.0269. The third-order valence-corrected chi connectivity index (χ3v) is 3.40. The van der Waals surface area contributed by atoms with E-state index in [1.54, 1.807) is 20.4 Å². The number of carbonyl (C=O) groups excluding carboxylic acids is 1. The number of benzene rings is 2. The molecule has 0 saturated carbocycles. The lowest BCUT2D eigenvalue weighted by atomic mass is 10.2. The fraction of sp³-hybridized carbons (Fsp3) is 0.263. The van der Waals surface area contributed by atoms with Crippen LogP contribution in [-0.4, -0.2) is 26.3 Å². The molecule has 1 amide bonds. The highest BCUT2D eigenvalue weighted by atomic mass is 16.5. The van der Waals surface area contributed by atoms with Crippen molar-refractivity contribution in [1.29, 1.82) is 0 Å². The summed E-state index contributed by atoms with van der Waals surface area (Å²) in [5.74, 6) is 1.37. The lowest BCUT2D eigenvalue weighted by Gasteiger charge is -2.07. The predicted molar refractivity (Wildman–Crippen MR) is 96.8 cm³/mol. The summed E-state index contributed by atoms with van der Waals surface area (Å²) < 4.78 is 10.5. The van der Waals surface area contributed by atoms with Crippen LogP contribution in [0.25, 0.3) is 0 Å². The van der Waals surface area contributed by atoms with Gasteiger partial charge in [0.25, 0.3) is 0 Å². The van der Waals surface area contributed by atoms with Gasteiger partial charge in [-0.1, -0.05) is 6.92 Å². The Kier molecular flexibility index (Phi) is 6.37. The zero-order valence-electron chi connectivity index (χ0n) is 14.2. The van der Waals surface area contributed by atoms with Gasteiger partial charge in [0.2, 0.25) is 5.91 Å². The van der Waals surface area contributed by atoms with Gasteiger partial charge in [-0.2, -0.15) is 0 Å². The van der Waals surface area contributed by atoms with Gasteiger partial charge < -0.3 is 14.8 Å². The molecule has 0 bridgehead atoms. The lowest BCUT2D eigenvalue weighted by Crippen LogP contribution is -2.10. The average molecular weight is 326 g/mol. The second kappa shape index (κ2) is 8.72. The van der Waals surface area contributed by atoms with E-state index in [1.165, 1.54) is 0 Å². The molecule has 0 saturated heterocycles. The summed E-state index contributed by atoms with van der Waals surface area (Å²) in [5.41, 5.74) is 2.49. The van der Waals surface area contributed by atoms with Gasteiger partial charge in [0.1, 0.15) is 0 Å². The molecule has 0 spiro atoms. The maximum atomic E-state index is 11.6. The van der Waals surface area contributed by atoms with E-state index < -0.39 is 0 Å². The third-order valence-electron chi connectivity index (χ3n) is 3.40. The van der Waals surface area contributed by atoms with Crippen LogP contribution in [-0.2, 0) is 4.79 Å². The molecule has 0 atom stereocenters. The summed E-state index contributed by atoms with van der Waals surface area (Å²) in [6.45, 7) is 1.98. The topological polar surface area (TPSA) is 59.9 Å². The molecule has 2 aromatic rings. The Bertz CT molecular complexity index is 709. The van der Waals surface area contributed by atoms with Crippen LogP contribution in [0.1, 0.15) is 25.3 Å². The summed E-state index contributed by atoms with van der Waals surface area (Å²) in [6, 6.07) is 13.0. The van der Waals surface area contributed by atoms with Gasteiger partial charge in [-0.15, -0.1) is 0 Å². The number of aliphatic imine (C=N–C) groups is 1. The van der Waals surface area contributed by atoms with E-state index in [1.807, 2.05) is 49.4 Å². The Morgan fingerprint density at radius 2 is 1.79 bits per heavy atom. The molecule has 5 nitrogen and oxygen atoms in total. The molecule has 24 heavy (non-hydrogen) atoms. The minimum Gasteiger partial charge on any atom is -0.493 e. The van der Waals surface area contributed by atoms with Gasteiger partial charge in [-0.3, -0.25) is 9.79 Å². The molecule has 0 aliphatic heterocycles. The Labute approximate surface area is 142 Å². The van der Waals surface area contributed by atoms with Gasteiger partial charge in [0.15, 0.2) is 11.5 Å². The van der Waals surface area contributed by atoms with Gasteiger partial charge in [-0.25, -0.2) is 0 Å². The zero-order chi connectivity index (χ0) is 17.4. The number of anilines is 1. The van der Waals surface area contributed by atoms with E-state index in [0.717, 1.165) is 23.4 Å². The molecule has 0 unspecified atom stereocenters. The first kappa shape index (κ1) is 17.5. The molecule has 126 valence electrons. The maximum Gasteiger partial charge on any atom is 0.224 e. The van der Waals surface area contributed by atoms with Gasteiger partial charge in [0, 0.05) is 18.3 Å². The summed E-state index contributed by atoms with van der Waals surface area (Å²) in [6.07, 6.45) is 3.12. The summed E-state index contributed by atoms with van der Waals surface area (Å²) in [5, 5.41) is 2.85. The van der Waals surface area contributed by atoms with Crippen LogP contribution in [0.3, 0.4) is 0 Å². The number of methoxy groups -OCH3 is 2. The Morgan fingerprint density at radius 1 is 1.08 bits per heavy atom. The van der Waals surface area contributed by atoms with Crippen molar-refractivity contribution in [2.24, 2.45) is 4.99 Å². The van der Waals surface area contributed by atoms with Gasteiger partial charge >= 0.3 is 0 Å². The quantitative estimate of drug-likeness (QED) is 0.776. The second-order valence-corrected chi connectivity index (χ2v) is 5.22. The number of hydrogen-bond acceptors (Lipinski definition) is 4. The predicted octanol–water partition coefficient (Wildman–Crippen LogP) is 4.19. The van der Waals surface area contributed by atoms with Crippen LogP contribution in [0, 0.1) is 0 Å². The molecular weight excluding hydrogens is 304 g/mol. The monoisotopic (exact) mass is 326 g/mol. The number of nitrogens with zero attached hydrogens (tertiary/aromatic N) is 1. The molecule has 5 heteroatoms. The highest BCUT2D eigenvalue weighted by molar-refractivity contribution is 5.91. The third kappa shape index (κ3) is 4.84. The summed E-state index contributed by atoms with van der Waals surface area (Å²) in [7, 11) is 3.21.